The number of aliphatic hydroxyl groups is 1. The zero-order valence-corrected chi connectivity index (χ0v) is 11.8. The second kappa shape index (κ2) is 5.85. The molecule has 0 amide bonds. The Balaban J connectivity index is 2.62. The third-order valence-corrected chi connectivity index (χ3v) is 3.73. The zero-order valence-electron chi connectivity index (χ0n) is 11.0. The summed E-state index contributed by atoms with van der Waals surface area (Å²) in [6.07, 6.45) is 0. The van der Waals surface area contributed by atoms with Gasteiger partial charge in [-0.15, -0.1) is 0 Å². The largest absolute Gasteiger partial charge is 0.389 e. The number of benzene rings is 1. The van der Waals surface area contributed by atoms with E-state index in [9.17, 15) is 5.11 Å². The van der Waals surface area contributed by atoms with Crippen LogP contribution in [0.1, 0.15) is 39.3 Å². The maximum atomic E-state index is 10.2. The standard InChI is InChI=1S/C14H22ClNO/c1-10(2)14(4,17)9-16-11(3)12-7-5-6-8-13(12)15/h5-8,10-11,16-17H,9H2,1-4H3. The fourth-order valence-electron chi connectivity index (χ4n) is 1.50. The first-order valence-electron chi connectivity index (χ1n) is 6.05. The van der Waals surface area contributed by atoms with Gasteiger partial charge in [0, 0.05) is 17.6 Å². The van der Waals surface area contributed by atoms with Crippen molar-refractivity contribution in [1.29, 1.82) is 0 Å². The Hall–Kier alpha value is -0.570. The summed E-state index contributed by atoms with van der Waals surface area (Å²) >= 11 is 6.13. The molecule has 0 saturated carbocycles. The van der Waals surface area contributed by atoms with Crippen LogP contribution >= 0.6 is 11.6 Å². The molecular formula is C14H22ClNO. The van der Waals surface area contributed by atoms with Crippen LogP contribution in [0, 0.1) is 5.92 Å². The highest BCUT2D eigenvalue weighted by atomic mass is 35.5. The van der Waals surface area contributed by atoms with Gasteiger partial charge in [-0.1, -0.05) is 43.6 Å². The van der Waals surface area contributed by atoms with Gasteiger partial charge in [0.05, 0.1) is 5.60 Å². The van der Waals surface area contributed by atoms with Gasteiger partial charge in [-0.05, 0) is 31.4 Å². The molecule has 1 rings (SSSR count). The molecule has 0 radical (unpaired) electrons. The van der Waals surface area contributed by atoms with E-state index in [1.807, 2.05) is 45.0 Å². The predicted molar refractivity (Wildman–Crippen MR) is 73.3 cm³/mol. The second-order valence-corrected chi connectivity index (χ2v) is 5.54. The topological polar surface area (TPSA) is 32.3 Å². The van der Waals surface area contributed by atoms with Crippen molar-refractivity contribution in [1.82, 2.24) is 5.32 Å². The van der Waals surface area contributed by atoms with E-state index < -0.39 is 5.60 Å². The Kier molecular flexibility index (Phi) is 4.99. The molecule has 0 fully saturated rings. The third-order valence-electron chi connectivity index (χ3n) is 3.38. The Morgan fingerprint density at radius 3 is 2.41 bits per heavy atom. The molecule has 2 N–H and O–H groups in total. The quantitative estimate of drug-likeness (QED) is 0.845. The molecule has 2 atom stereocenters. The zero-order chi connectivity index (χ0) is 13.1. The first-order chi connectivity index (χ1) is 7.84. The van der Waals surface area contributed by atoms with Gasteiger partial charge in [0.2, 0.25) is 0 Å². The minimum absolute atomic E-state index is 0.133. The van der Waals surface area contributed by atoms with Gasteiger partial charge >= 0.3 is 0 Å². The monoisotopic (exact) mass is 255 g/mol. The first-order valence-corrected chi connectivity index (χ1v) is 6.42. The van der Waals surface area contributed by atoms with Gasteiger partial charge in [0.1, 0.15) is 0 Å². The molecule has 1 aromatic carbocycles. The van der Waals surface area contributed by atoms with Crippen LogP contribution in [0.2, 0.25) is 5.02 Å². The van der Waals surface area contributed by atoms with Gasteiger partial charge < -0.3 is 10.4 Å². The highest BCUT2D eigenvalue weighted by molar-refractivity contribution is 6.31. The lowest BCUT2D eigenvalue weighted by molar-refractivity contribution is 0.0122. The molecule has 17 heavy (non-hydrogen) atoms. The normalized spacial score (nSPS) is 16.9. The van der Waals surface area contributed by atoms with Crippen LogP contribution in [0.5, 0.6) is 0 Å². The van der Waals surface area contributed by atoms with Gasteiger partial charge in [-0.25, -0.2) is 0 Å². The summed E-state index contributed by atoms with van der Waals surface area (Å²) in [6.45, 7) is 8.49. The lowest BCUT2D eigenvalue weighted by Crippen LogP contribution is -2.43. The molecule has 0 bridgehead atoms. The van der Waals surface area contributed by atoms with Crippen LogP contribution in [0.25, 0.3) is 0 Å². The van der Waals surface area contributed by atoms with Crippen LogP contribution in [-0.4, -0.2) is 17.3 Å². The molecule has 0 heterocycles. The van der Waals surface area contributed by atoms with E-state index in [1.165, 1.54) is 0 Å². The lowest BCUT2D eigenvalue weighted by Gasteiger charge is -2.30. The minimum atomic E-state index is -0.699. The molecule has 0 aliphatic rings. The number of halogens is 1. The van der Waals surface area contributed by atoms with Gasteiger partial charge in [-0.2, -0.15) is 0 Å². The maximum absolute atomic E-state index is 10.2. The molecule has 1 aromatic rings. The molecular weight excluding hydrogens is 234 g/mol. The van der Waals surface area contributed by atoms with Crippen LogP contribution in [0.3, 0.4) is 0 Å². The highest BCUT2D eigenvalue weighted by Crippen LogP contribution is 2.23. The van der Waals surface area contributed by atoms with Crippen molar-refractivity contribution in [2.75, 3.05) is 6.54 Å². The summed E-state index contributed by atoms with van der Waals surface area (Å²) in [4.78, 5) is 0. The summed E-state index contributed by atoms with van der Waals surface area (Å²) in [7, 11) is 0. The molecule has 0 saturated heterocycles. The van der Waals surface area contributed by atoms with Gasteiger partial charge in [0.15, 0.2) is 0 Å². The average Bonchev–Trinajstić information content (AvgIpc) is 2.26. The lowest BCUT2D eigenvalue weighted by atomic mass is 9.92. The van der Waals surface area contributed by atoms with Gasteiger partial charge in [0.25, 0.3) is 0 Å². The Bertz CT molecular complexity index is 363. The fourth-order valence-corrected chi connectivity index (χ4v) is 1.80. The van der Waals surface area contributed by atoms with Crippen molar-refractivity contribution in [2.24, 2.45) is 5.92 Å². The first kappa shape index (κ1) is 14.5. The molecule has 0 aromatic heterocycles. The predicted octanol–water partition coefficient (Wildman–Crippen LogP) is 3.40. The smallest absolute Gasteiger partial charge is 0.0766 e. The average molecular weight is 256 g/mol. The number of hydrogen-bond acceptors (Lipinski definition) is 2. The third kappa shape index (κ3) is 3.98. The highest BCUT2D eigenvalue weighted by Gasteiger charge is 2.25. The van der Waals surface area contributed by atoms with Crippen molar-refractivity contribution in [3.8, 4) is 0 Å². The maximum Gasteiger partial charge on any atom is 0.0766 e. The van der Waals surface area contributed by atoms with E-state index in [0.717, 1.165) is 10.6 Å². The molecule has 0 aliphatic heterocycles. The van der Waals surface area contributed by atoms with E-state index in [-0.39, 0.29) is 12.0 Å². The second-order valence-electron chi connectivity index (χ2n) is 5.14. The van der Waals surface area contributed by atoms with E-state index in [4.69, 9.17) is 11.6 Å². The van der Waals surface area contributed by atoms with E-state index >= 15 is 0 Å². The molecule has 3 heteroatoms. The Morgan fingerprint density at radius 2 is 1.88 bits per heavy atom. The SMILES string of the molecule is CC(NCC(C)(O)C(C)C)c1ccccc1Cl. The van der Waals surface area contributed by atoms with Crippen molar-refractivity contribution >= 4 is 11.6 Å². The number of nitrogens with one attached hydrogen (secondary N) is 1. The number of rotatable bonds is 5. The molecule has 96 valence electrons. The van der Waals surface area contributed by atoms with Gasteiger partial charge in [-0.3, -0.25) is 0 Å². The summed E-state index contributed by atoms with van der Waals surface area (Å²) in [6, 6.07) is 7.91. The van der Waals surface area contributed by atoms with Crippen molar-refractivity contribution in [3.05, 3.63) is 34.9 Å². The minimum Gasteiger partial charge on any atom is -0.389 e. The van der Waals surface area contributed by atoms with Crippen LogP contribution in [0.4, 0.5) is 0 Å². The fraction of sp³-hybridized carbons (Fsp3) is 0.571. The Labute approximate surface area is 109 Å². The van der Waals surface area contributed by atoms with Crippen LogP contribution in [0.15, 0.2) is 24.3 Å². The van der Waals surface area contributed by atoms with E-state index in [0.29, 0.717) is 6.54 Å². The van der Waals surface area contributed by atoms with Crippen molar-refractivity contribution < 1.29 is 5.11 Å². The molecule has 0 aliphatic carbocycles. The van der Waals surface area contributed by atoms with E-state index in [2.05, 4.69) is 12.2 Å². The van der Waals surface area contributed by atoms with E-state index in [1.54, 1.807) is 0 Å². The van der Waals surface area contributed by atoms with Crippen molar-refractivity contribution in [2.45, 2.75) is 39.3 Å². The molecule has 2 unspecified atom stereocenters. The summed E-state index contributed by atoms with van der Waals surface area (Å²) in [5.41, 5.74) is 0.365. The summed E-state index contributed by atoms with van der Waals surface area (Å²) in [5.74, 6) is 0.216. The summed E-state index contributed by atoms with van der Waals surface area (Å²) < 4.78 is 0. The summed E-state index contributed by atoms with van der Waals surface area (Å²) in [5, 5.41) is 14.2. The Morgan fingerprint density at radius 1 is 1.29 bits per heavy atom. The molecule has 0 spiro atoms. The van der Waals surface area contributed by atoms with Crippen LogP contribution in [-0.2, 0) is 0 Å². The molecule has 2 nitrogen and oxygen atoms in total. The van der Waals surface area contributed by atoms with Crippen molar-refractivity contribution in [3.63, 3.8) is 0 Å². The number of hydrogen-bond donors (Lipinski definition) is 2. The van der Waals surface area contributed by atoms with Crippen LogP contribution < -0.4 is 5.32 Å².